The van der Waals surface area contributed by atoms with Gasteiger partial charge in [-0.1, -0.05) is 11.6 Å². The minimum Gasteiger partial charge on any atom is -0.490 e. The number of piperazine rings is 1. The molecule has 1 aromatic heterocycles. The Bertz CT molecular complexity index is 417. The highest BCUT2D eigenvalue weighted by molar-refractivity contribution is 6.31. The van der Waals surface area contributed by atoms with Crippen LogP contribution in [0.3, 0.4) is 0 Å². The third-order valence-corrected chi connectivity index (χ3v) is 3.87. The molecular weight excluding hydrogens is 252 g/mol. The van der Waals surface area contributed by atoms with Gasteiger partial charge in [-0.25, -0.2) is 9.97 Å². The molecule has 2 heterocycles. The van der Waals surface area contributed by atoms with Gasteiger partial charge in [0.1, 0.15) is 6.33 Å². The van der Waals surface area contributed by atoms with Crippen molar-refractivity contribution in [2.45, 2.75) is 25.9 Å². The van der Waals surface area contributed by atoms with E-state index in [1.165, 1.54) is 6.33 Å². The van der Waals surface area contributed by atoms with E-state index in [1.54, 1.807) is 7.11 Å². The maximum atomic E-state index is 6.04. The minimum atomic E-state index is 0.363. The van der Waals surface area contributed by atoms with Crippen molar-refractivity contribution in [3.05, 3.63) is 11.5 Å². The maximum absolute atomic E-state index is 6.04. The fraction of sp³-hybridized carbons (Fsp3) is 0.667. The molecule has 1 aliphatic heterocycles. The molecule has 0 amide bonds. The summed E-state index contributed by atoms with van der Waals surface area (Å²) in [5, 5.41) is 0.363. The normalized spacial score (nSPS) is 25.3. The Labute approximate surface area is 113 Å². The SMILES string of the molecule is COc1c(Cl)ncnc1N1CC(C)N(C)C(C)C1. The molecular formula is C12H19ClN4O. The summed E-state index contributed by atoms with van der Waals surface area (Å²) >= 11 is 6.04. The molecule has 0 N–H and O–H groups in total. The second-order valence-corrected chi connectivity index (χ2v) is 5.15. The van der Waals surface area contributed by atoms with E-state index in [1.807, 2.05) is 0 Å². The van der Waals surface area contributed by atoms with Crippen LogP contribution >= 0.6 is 11.6 Å². The van der Waals surface area contributed by atoms with E-state index < -0.39 is 0 Å². The van der Waals surface area contributed by atoms with E-state index in [0.29, 0.717) is 23.0 Å². The fourth-order valence-electron chi connectivity index (χ4n) is 2.32. The van der Waals surface area contributed by atoms with Gasteiger partial charge >= 0.3 is 0 Å². The van der Waals surface area contributed by atoms with Crippen molar-refractivity contribution in [1.29, 1.82) is 0 Å². The standard InChI is InChI=1S/C12H19ClN4O/c1-8-5-17(6-9(2)16(8)3)12-10(18-4)11(13)14-7-15-12/h7-9H,5-6H2,1-4H3. The van der Waals surface area contributed by atoms with Gasteiger partial charge in [-0.3, -0.25) is 4.90 Å². The first kappa shape index (κ1) is 13.4. The minimum absolute atomic E-state index is 0.363. The second-order valence-electron chi connectivity index (χ2n) is 4.79. The third-order valence-electron chi connectivity index (χ3n) is 3.60. The highest BCUT2D eigenvalue weighted by Crippen LogP contribution is 2.33. The second kappa shape index (κ2) is 5.28. The summed E-state index contributed by atoms with van der Waals surface area (Å²) < 4.78 is 5.31. The molecule has 6 heteroatoms. The number of aromatic nitrogens is 2. The molecule has 0 saturated carbocycles. The Balaban J connectivity index is 2.29. The Morgan fingerprint density at radius 2 is 1.89 bits per heavy atom. The van der Waals surface area contributed by atoms with Gasteiger partial charge in [-0.15, -0.1) is 0 Å². The lowest BCUT2D eigenvalue weighted by molar-refractivity contribution is 0.169. The van der Waals surface area contributed by atoms with Gasteiger partial charge in [0, 0.05) is 25.2 Å². The number of hydrogen-bond donors (Lipinski definition) is 0. The Hall–Kier alpha value is -1.07. The van der Waals surface area contributed by atoms with Crippen molar-refractivity contribution in [2.24, 2.45) is 0 Å². The molecule has 0 bridgehead atoms. The van der Waals surface area contributed by atoms with Crippen molar-refractivity contribution in [2.75, 3.05) is 32.1 Å². The van der Waals surface area contributed by atoms with Crippen molar-refractivity contribution in [1.82, 2.24) is 14.9 Å². The average Bonchev–Trinajstić information content (AvgIpc) is 2.35. The number of hydrogen-bond acceptors (Lipinski definition) is 5. The van der Waals surface area contributed by atoms with Crippen LogP contribution in [-0.4, -0.2) is 54.2 Å². The van der Waals surface area contributed by atoms with Crippen LogP contribution in [0.25, 0.3) is 0 Å². The molecule has 0 spiro atoms. The average molecular weight is 271 g/mol. The molecule has 0 radical (unpaired) electrons. The van der Waals surface area contributed by atoms with E-state index in [2.05, 4.69) is 40.7 Å². The first-order valence-electron chi connectivity index (χ1n) is 6.06. The van der Waals surface area contributed by atoms with E-state index >= 15 is 0 Å². The monoisotopic (exact) mass is 270 g/mol. The molecule has 0 aliphatic carbocycles. The predicted molar refractivity (Wildman–Crippen MR) is 72.5 cm³/mol. The molecule has 1 fully saturated rings. The largest absolute Gasteiger partial charge is 0.490 e. The zero-order chi connectivity index (χ0) is 13.3. The lowest BCUT2D eigenvalue weighted by Crippen LogP contribution is -2.55. The van der Waals surface area contributed by atoms with Gasteiger partial charge < -0.3 is 9.64 Å². The maximum Gasteiger partial charge on any atom is 0.199 e. The van der Waals surface area contributed by atoms with Crippen molar-refractivity contribution >= 4 is 17.4 Å². The number of anilines is 1. The number of nitrogens with zero attached hydrogens (tertiary/aromatic N) is 4. The first-order valence-corrected chi connectivity index (χ1v) is 6.43. The van der Waals surface area contributed by atoms with E-state index in [0.717, 1.165) is 18.9 Å². The molecule has 1 aromatic rings. The van der Waals surface area contributed by atoms with Crippen LogP contribution in [0, 0.1) is 0 Å². The quantitative estimate of drug-likeness (QED) is 0.765. The Morgan fingerprint density at radius 3 is 2.44 bits per heavy atom. The first-order chi connectivity index (χ1) is 8.54. The summed E-state index contributed by atoms with van der Waals surface area (Å²) in [6.45, 7) is 6.23. The van der Waals surface area contributed by atoms with Crippen LogP contribution in [0.15, 0.2) is 6.33 Å². The summed E-state index contributed by atoms with van der Waals surface area (Å²) in [5.41, 5.74) is 0. The molecule has 5 nitrogen and oxygen atoms in total. The predicted octanol–water partition coefficient (Wildman–Crippen LogP) is 1.67. The molecule has 2 rings (SSSR count). The number of rotatable bonds is 2. The Kier molecular flexibility index (Phi) is 3.92. The van der Waals surface area contributed by atoms with Crippen molar-refractivity contribution in [3.8, 4) is 5.75 Å². The van der Waals surface area contributed by atoms with E-state index in [-0.39, 0.29) is 0 Å². The number of ether oxygens (including phenoxy) is 1. The zero-order valence-electron chi connectivity index (χ0n) is 11.2. The highest BCUT2D eigenvalue weighted by Gasteiger charge is 2.29. The van der Waals surface area contributed by atoms with Gasteiger partial charge in [0.25, 0.3) is 0 Å². The summed E-state index contributed by atoms with van der Waals surface area (Å²) in [4.78, 5) is 12.8. The molecule has 2 unspecified atom stereocenters. The summed E-state index contributed by atoms with van der Waals surface area (Å²) in [7, 11) is 3.74. The van der Waals surface area contributed by atoms with Crippen LogP contribution in [0.2, 0.25) is 5.15 Å². The molecule has 100 valence electrons. The smallest absolute Gasteiger partial charge is 0.199 e. The molecule has 18 heavy (non-hydrogen) atoms. The van der Waals surface area contributed by atoms with Gasteiger partial charge in [0.2, 0.25) is 0 Å². The summed E-state index contributed by atoms with van der Waals surface area (Å²) in [6, 6.07) is 0.930. The van der Waals surface area contributed by atoms with Crippen LogP contribution in [-0.2, 0) is 0 Å². The zero-order valence-corrected chi connectivity index (χ0v) is 12.0. The van der Waals surface area contributed by atoms with Crippen LogP contribution < -0.4 is 9.64 Å². The van der Waals surface area contributed by atoms with Crippen LogP contribution in [0.4, 0.5) is 5.82 Å². The van der Waals surface area contributed by atoms with Crippen molar-refractivity contribution < 1.29 is 4.74 Å². The Morgan fingerprint density at radius 1 is 1.28 bits per heavy atom. The van der Waals surface area contributed by atoms with Crippen molar-refractivity contribution in [3.63, 3.8) is 0 Å². The summed E-state index contributed by atoms with van der Waals surface area (Å²) in [5.74, 6) is 1.34. The molecule has 1 aliphatic rings. The van der Waals surface area contributed by atoms with Crippen LogP contribution in [0.5, 0.6) is 5.75 Å². The van der Waals surface area contributed by atoms with Gasteiger partial charge in [0.15, 0.2) is 16.7 Å². The number of methoxy groups -OCH3 is 1. The highest BCUT2D eigenvalue weighted by atomic mass is 35.5. The van der Waals surface area contributed by atoms with Crippen LogP contribution in [0.1, 0.15) is 13.8 Å². The van der Waals surface area contributed by atoms with Gasteiger partial charge in [-0.2, -0.15) is 0 Å². The number of halogens is 1. The summed E-state index contributed by atoms with van der Waals surface area (Å²) in [6.07, 6.45) is 1.48. The van der Waals surface area contributed by atoms with E-state index in [9.17, 15) is 0 Å². The molecule has 1 saturated heterocycles. The molecule has 0 aromatic carbocycles. The topological polar surface area (TPSA) is 41.5 Å². The number of likely N-dealkylation sites (N-methyl/N-ethyl adjacent to an activating group) is 1. The molecule has 2 atom stereocenters. The van der Waals surface area contributed by atoms with E-state index in [4.69, 9.17) is 16.3 Å². The fourth-order valence-corrected chi connectivity index (χ4v) is 2.53. The lowest BCUT2D eigenvalue weighted by atomic mass is 10.1. The van der Waals surface area contributed by atoms with Gasteiger partial charge in [0.05, 0.1) is 7.11 Å². The lowest BCUT2D eigenvalue weighted by Gasteiger charge is -2.43. The van der Waals surface area contributed by atoms with Gasteiger partial charge in [-0.05, 0) is 20.9 Å². The third kappa shape index (κ3) is 2.37.